The van der Waals surface area contributed by atoms with E-state index in [0.29, 0.717) is 0 Å². The molecule has 1 aromatic carbocycles. The highest BCUT2D eigenvalue weighted by atomic mass is 16.5. The molecule has 2 fully saturated rings. The van der Waals surface area contributed by atoms with Crippen molar-refractivity contribution in [2.75, 3.05) is 26.3 Å². The van der Waals surface area contributed by atoms with Gasteiger partial charge in [0.05, 0.1) is 13.2 Å². The summed E-state index contributed by atoms with van der Waals surface area (Å²) < 4.78 is 5.56. The predicted octanol–water partition coefficient (Wildman–Crippen LogP) is 1.73. The monoisotopic (exact) mass is 229 g/mol. The molecular formula is C15H19NO. The number of fused-ring (bicyclic) bond motifs is 2. The lowest BCUT2D eigenvalue weighted by atomic mass is 10.0. The minimum Gasteiger partial charge on any atom is -0.381 e. The normalized spacial score (nSPS) is 32.9. The van der Waals surface area contributed by atoms with Crippen molar-refractivity contribution < 1.29 is 4.74 Å². The topological polar surface area (TPSA) is 12.5 Å². The molecule has 3 aliphatic rings. The molecule has 2 aliphatic heterocycles. The van der Waals surface area contributed by atoms with Crippen LogP contribution in [0.5, 0.6) is 0 Å². The summed E-state index contributed by atoms with van der Waals surface area (Å²) in [6.45, 7) is 4.54. The Morgan fingerprint density at radius 1 is 0.941 bits per heavy atom. The molecule has 0 amide bonds. The maximum atomic E-state index is 5.56. The van der Waals surface area contributed by atoms with E-state index in [2.05, 4.69) is 29.2 Å². The standard InChI is InChI=1S/C15H19NO/c1-2-4-12-6-15(5-11(12)3-1)16-7-13-9-17-10-14(13)8-16/h1-4,13-15H,5-10H2. The maximum Gasteiger partial charge on any atom is 0.0510 e. The lowest BCUT2D eigenvalue weighted by Crippen LogP contribution is -2.35. The van der Waals surface area contributed by atoms with Crippen LogP contribution >= 0.6 is 0 Å². The van der Waals surface area contributed by atoms with Gasteiger partial charge in [-0.1, -0.05) is 24.3 Å². The Labute approximate surface area is 103 Å². The van der Waals surface area contributed by atoms with Gasteiger partial charge < -0.3 is 4.74 Å². The van der Waals surface area contributed by atoms with Crippen LogP contribution in [-0.4, -0.2) is 37.2 Å². The molecule has 90 valence electrons. The molecule has 0 radical (unpaired) electrons. The Morgan fingerprint density at radius 3 is 2.12 bits per heavy atom. The Hall–Kier alpha value is -0.860. The van der Waals surface area contributed by atoms with Gasteiger partial charge >= 0.3 is 0 Å². The molecular weight excluding hydrogens is 210 g/mol. The minimum atomic E-state index is 0.762. The van der Waals surface area contributed by atoms with Crippen LogP contribution in [0.25, 0.3) is 0 Å². The average molecular weight is 229 g/mol. The van der Waals surface area contributed by atoms with E-state index in [0.717, 1.165) is 31.1 Å². The highest BCUT2D eigenvalue weighted by Gasteiger charge is 2.40. The minimum absolute atomic E-state index is 0.762. The van der Waals surface area contributed by atoms with Gasteiger partial charge in [0.15, 0.2) is 0 Å². The first kappa shape index (κ1) is 10.1. The van der Waals surface area contributed by atoms with Crippen molar-refractivity contribution in [1.82, 2.24) is 4.90 Å². The Kier molecular flexibility index (Phi) is 2.27. The lowest BCUT2D eigenvalue weighted by molar-refractivity contribution is 0.140. The summed E-state index contributed by atoms with van der Waals surface area (Å²) >= 11 is 0. The van der Waals surface area contributed by atoms with Crippen molar-refractivity contribution >= 4 is 0 Å². The van der Waals surface area contributed by atoms with Crippen LogP contribution < -0.4 is 0 Å². The van der Waals surface area contributed by atoms with Gasteiger partial charge in [-0.25, -0.2) is 0 Å². The molecule has 0 N–H and O–H groups in total. The van der Waals surface area contributed by atoms with E-state index < -0.39 is 0 Å². The number of hydrogen-bond acceptors (Lipinski definition) is 2. The van der Waals surface area contributed by atoms with Gasteiger partial charge in [0.2, 0.25) is 0 Å². The summed E-state index contributed by atoms with van der Waals surface area (Å²) in [5.74, 6) is 1.64. The van der Waals surface area contributed by atoms with Crippen molar-refractivity contribution in [1.29, 1.82) is 0 Å². The number of nitrogens with zero attached hydrogens (tertiary/aromatic N) is 1. The van der Waals surface area contributed by atoms with Crippen molar-refractivity contribution in [2.24, 2.45) is 11.8 Å². The molecule has 0 aromatic heterocycles. The molecule has 0 saturated carbocycles. The number of hydrogen-bond donors (Lipinski definition) is 0. The number of likely N-dealkylation sites (tertiary alicyclic amines) is 1. The van der Waals surface area contributed by atoms with Crippen LogP contribution in [0, 0.1) is 11.8 Å². The fraction of sp³-hybridized carbons (Fsp3) is 0.600. The van der Waals surface area contributed by atoms with Crippen LogP contribution in [0.15, 0.2) is 24.3 Å². The largest absolute Gasteiger partial charge is 0.381 e. The van der Waals surface area contributed by atoms with Crippen LogP contribution in [-0.2, 0) is 17.6 Å². The Bertz CT molecular complexity index is 394. The maximum absolute atomic E-state index is 5.56. The zero-order chi connectivity index (χ0) is 11.2. The first-order valence-electron chi connectivity index (χ1n) is 6.79. The van der Waals surface area contributed by atoms with Crippen molar-refractivity contribution in [2.45, 2.75) is 18.9 Å². The molecule has 0 bridgehead atoms. The van der Waals surface area contributed by atoms with Gasteiger partial charge in [0.1, 0.15) is 0 Å². The van der Waals surface area contributed by atoms with Gasteiger partial charge in [0.25, 0.3) is 0 Å². The fourth-order valence-electron chi connectivity index (χ4n) is 3.82. The zero-order valence-corrected chi connectivity index (χ0v) is 10.1. The molecule has 2 heterocycles. The second-order valence-corrected chi connectivity index (χ2v) is 5.84. The first-order valence-corrected chi connectivity index (χ1v) is 6.79. The number of benzene rings is 1. The predicted molar refractivity (Wildman–Crippen MR) is 67.0 cm³/mol. The molecule has 2 heteroatoms. The second kappa shape index (κ2) is 3.82. The van der Waals surface area contributed by atoms with Gasteiger partial charge in [-0.2, -0.15) is 0 Å². The van der Waals surface area contributed by atoms with Crippen LogP contribution in [0.1, 0.15) is 11.1 Å². The van der Waals surface area contributed by atoms with Gasteiger partial charge in [-0.3, -0.25) is 4.90 Å². The number of ether oxygens (including phenoxy) is 1. The van der Waals surface area contributed by atoms with E-state index in [1.54, 1.807) is 11.1 Å². The summed E-state index contributed by atoms with van der Waals surface area (Å²) in [7, 11) is 0. The first-order chi connectivity index (χ1) is 8.40. The molecule has 2 nitrogen and oxygen atoms in total. The molecule has 2 unspecified atom stereocenters. The van der Waals surface area contributed by atoms with Gasteiger partial charge in [-0.05, 0) is 24.0 Å². The smallest absolute Gasteiger partial charge is 0.0510 e. The SMILES string of the molecule is c1ccc2c(c1)CC(N1CC3COCC3C1)C2. The van der Waals surface area contributed by atoms with Crippen LogP contribution in [0.4, 0.5) is 0 Å². The average Bonchev–Trinajstić information content (AvgIpc) is 3.01. The van der Waals surface area contributed by atoms with E-state index in [-0.39, 0.29) is 0 Å². The van der Waals surface area contributed by atoms with Gasteiger partial charge in [-0.15, -0.1) is 0 Å². The van der Waals surface area contributed by atoms with E-state index in [1.165, 1.54) is 25.9 Å². The molecule has 17 heavy (non-hydrogen) atoms. The van der Waals surface area contributed by atoms with E-state index >= 15 is 0 Å². The quantitative estimate of drug-likeness (QED) is 0.727. The molecule has 0 spiro atoms. The Balaban J connectivity index is 1.49. The summed E-state index contributed by atoms with van der Waals surface area (Å²) in [6.07, 6.45) is 2.52. The van der Waals surface area contributed by atoms with E-state index in [1.807, 2.05) is 0 Å². The second-order valence-electron chi connectivity index (χ2n) is 5.84. The Morgan fingerprint density at radius 2 is 1.53 bits per heavy atom. The van der Waals surface area contributed by atoms with Crippen LogP contribution in [0.2, 0.25) is 0 Å². The highest BCUT2D eigenvalue weighted by molar-refractivity contribution is 5.33. The van der Waals surface area contributed by atoms with E-state index in [4.69, 9.17) is 4.74 Å². The summed E-state index contributed by atoms with van der Waals surface area (Å²) in [6, 6.07) is 9.71. The van der Waals surface area contributed by atoms with Crippen molar-refractivity contribution in [3.05, 3.63) is 35.4 Å². The van der Waals surface area contributed by atoms with Crippen molar-refractivity contribution in [3.8, 4) is 0 Å². The van der Waals surface area contributed by atoms with E-state index in [9.17, 15) is 0 Å². The fourth-order valence-corrected chi connectivity index (χ4v) is 3.82. The third kappa shape index (κ3) is 1.62. The zero-order valence-electron chi connectivity index (χ0n) is 10.1. The van der Waals surface area contributed by atoms with Gasteiger partial charge in [0, 0.05) is 31.0 Å². The third-order valence-corrected chi connectivity index (χ3v) is 4.81. The highest BCUT2D eigenvalue weighted by Crippen LogP contribution is 2.34. The van der Waals surface area contributed by atoms with Crippen molar-refractivity contribution in [3.63, 3.8) is 0 Å². The summed E-state index contributed by atoms with van der Waals surface area (Å²) in [4.78, 5) is 2.72. The molecule has 2 saturated heterocycles. The lowest BCUT2D eigenvalue weighted by Gasteiger charge is -2.24. The third-order valence-electron chi connectivity index (χ3n) is 4.81. The molecule has 1 aliphatic carbocycles. The molecule has 4 rings (SSSR count). The molecule has 1 aromatic rings. The molecule has 2 atom stereocenters. The summed E-state index contributed by atoms with van der Waals surface area (Å²) in [5.41, 5.74) is 3.15. The number of rotatable bonds is 1. The van der Waals surface area contributed by atoms with Crippen LogP contribution in [0.3, 0.4) is 0 Å². The summed E-state index contributed by atoms with van der Waals surface area (Å²) in [5, 5.41) is 0.